The van der Waals surface area contributed by atoms with Crippen LogP contribution >= 0.6 is 0 Å². The second kappa shape index (κ2) is 2.09. The van der Waals surface area contributed by atoms with E-state index in [-0.39, 0.29) is 0 Å². The number of hydrogen-bond donors (Lipinski definition) is 1. The van der Waals surface area contributed by atoms with E-state index in [1.165, 1.54) is 25.7 Å². The summed E-state index contributed by atoms with van der Waals surface area (Å²) < 4.78 is 0. The lowest BCUT2D eigenvalue weighted by atomic mass is 9.80. The van der Waals surface area contributed by atoms with Crippen LogP contribution in [-0.2, 0) is 0 Å². The first kappa shape index (κ1) is 6.41. The van der Waals surface area contributed by atoms with Crippen molar-refractivity contribution in [2.45, 2.75) is 25.7 Å². The minimum absolute atomic E-state index is 0.514. The van der Waals surface area contributed by atoms with Crippen molar-refractivity contribution in [1.29, 1.82) is 0 Å². The van der Waals surface area contributed by atoms with Gasteiger partial charge in [0, 0.05) is 0 Å². The van der Waals surface area contributed by atoms with Crippen LogP contribution in [0.5, 0.6) is 0 Å². The Kier molecular flexibility index (Phi) is 1.34. The molecule has 0 aromatic rings. The molecule has 0 aromatic carbocycles. The fourth-order valence-electron chi connectivity index (χ4n) is 2.08. The van der Waals surface area contributed by atoms with E-state index in [4.69, 9.17) is 5.73 Å². The van der Waals surface area contributed by atoms with Gasteiger partial charge in [-0.2, -0.15) is 0 Å². The monoisotopic (exact) mass is 137 g/mol. The third kappa shape index (κ3) is 0.807. The molecule has 0 atom stereocenters. The van der Waals surface area contributed by atoms with Gasteiger partial charge in [0.15, 0.2) is 0 Å². The Morgan fingerprint density at radius 1 is 1.30 bits per heavy atom. The zero-order chi connectivity index (χ0) is 7.03. The van der Waals surface area contributed by atoms with Crippen molar-refractivity contribution in [2.75, 3.05) is 6.54 Å². The molecule has 0 radical (unpaired) electrons. The Morgan fingerprint density at radius 3 is 2.30 bits per heavy atom. The van der Waals surface area contributed by atoms with Crippen LogP contribution in [0.4, 0.5) is 0 Å². The quantitative estimate of drug-likeness (QED) is 0.576. The molecule has 2 aliphatic rings. The maximum absolute atomic E-state index is 5.77. The van der Waals surface area contributed by atoms with E-state index in [2.05, 4.69) is 12.2 Å². The Bertz CT molecular complexity index is 148. The van der Waals surface area contributed by atoms with E-state index in [1.54, 1.807) is 0 Å². The molecule has 2 rings (SSSR count). The lowest BCUT2D eigenvalue weighted by Gasteiger charge is -2.26. The topological polar surface area (TPSA) is 26.0 Å². The standard InChI is InChI=1S/C9H15N/c10-7-9(8-3-4-8)5-1-2-6-9/h1-2,8H,3-7,10H2. The molecule has 10 heavy (non-hydrogen) atoms. The zero-order valence-electron chi connectivity index (χ0n) is 6.34. The normalized spacial score (nSPS) is 29.3. The van der Waals surface area contributed by atoms with Crippen molar-refractivity contribution in [3.8, 4) is 0 Å². The van der Waals surface area contributed by atoms with Crippen molar-refractivity contribution in [3.63, 3.8) is 0 Å². The molecule has 2 aliphatic carbocycles. The highest BCUT2D eigenvalue weighted by Crippen LogP contribution is 2.51. The largest absolute Gasteiger partial charge is 0.330 e. The van der Waals surface area contributed by atoms with Crippen LogP contribution in [-0.4, -0.2) is 6.54 Å². The lowest BCUT2D eigenvalue weighted by Crippen LogP contribution is -2.29. The van der Waals surface area contributed by atoms with Crippen LogP contribution in [0.1, 0.15) is 25.7 Å². The van der Waals surface area contributed by atoms with Gasteiger partial charge in [-0.3, -0.25) is 0 Å². The summed E-state index contributed by atoms with van der Waals surface area (Å²) >= 11 is 0. The summed E-state index contributed by atoms with van der Waals surface area (Å²) in [6.45, 7) is 0.894. The van der Waals surface area contributed by atoms with E-state index < -0.39 is 0 Å². The lowest BCUT2D eigenvalue weighted by molar-refractivity contribution is 0.271. The van der Waals surface area contributed by atoms with Gasteiger partial charge in [-0.05, 0) is 43.6 Å². The number of rotatable bonds is 2. The Morgan fingerprint density at radius 2 is 1.90 bits per heavy atom. The minimum atomic E-state index is 0.514. The molecule has 56 valence electrons. The highest BCUT2D eigenvalue weighted by Gasteiger charge is 2.43. The Hall–Kier alpha value is -0.300. The first-order valence-electron chi connectivity index (χ1n) is 4.22. The second-order valence-electron chi connectivity index (χ2n) is 3.72. The van der Waals surface area contributed by atoms with Gasteiger partial charge >= 0.3 is 0 Å². The average Bonchev–Trinajstić information content (AvgIpc) is 2.71. The van der Waals surface area contributed by atoms with Crippen molar-refractivity contribution < 1.29 is 0 Å². The van der Waals surface area contributed by atoms with Crippen molar-refractivity contribution in [2.24, 2.45) is 17.1 Å². The Balaban J connectivity index is 2.07. The molecule has 0 heterocycles. The molecule has 1 heteroatoms. The molecule has 1 nitrogen and oxygen atoms in total. The Labute approximate surface area is 62.3 Å². The molecule has 0 bridgehead atoms. The van der Waals surface area contributed by atoms with E-state index >= 15 is 0 Å². The number of hydrogen-bond acceptors (Lipinski definition) is 1. The number of allylic oxidation sites excluding steroid dienone is 2. The fraction of sp³-hybridized carbons (Fsp3) is 0.778. The van der Waals surface area contributed by atoms with Gasteiger partial charge in [0.2, 0.25) is 0 Å². The highest BCUT2D eigenvalue weighted by molar-refractivity contribution is 5.09. The summed E-state index contributed by atoms with van der Waals surface area (Å²) in [5, 5.41) is 0. The van der Waals surface area contributed by atoms with Gasteiger partial charge in [0.1, 0.15) is 0 Å². The van der Waals surface area contributed by atoms with Gasteiger partial charge in [-0.1, -0.05) is 12.2 Å². The second-order valence-corrected chi connectivity index (χ2v) is 3.72. The molecule has 0 amide bonds. The smallest absolute Gasteiger partial charge is 0.00119 e. The predicted octanol–water partition coefficient (Wildman–Crippen LogP) is 1.69. The summed E-state index contributed by atoms with van der Waals surface area (Å²) in [4.78, 5) is 0. The fourth-order valence-corrected chi connectivity index (χ4v) is 2.08. The van der Waals surface area contributed by atoms with Crippen LogP contribution in [0.3, 0.4) is 0 Å². The van der Waals surface area contributed by atoms with Crippen LogP contribution in [0.15, 0.2) is 12.2 Å². The van der Waals surface area contributed by atoms with Gasteiger partial charge in [-0.15, -0.1) is 0 Å². The van der Waals surface area contributed by atoms with Gasteiger partial charge in [0.25, 0.3) is 0 Å². The average molecular weight is 137 g/mol. The minimum Gasteiger partial charge on any atom is -0.330 e. The van der Waals surface area contributed by atoms with Gasteiger partial charge in [-0.25, -0.2) is 0 Å². The molecule has 0 unspecified atom stereocenters. The molecular weight excluding hydrogens is 122 g/mol. The summed E-state index contributed by atoms with van der Waals surface area (Å²) in [5.41, 5.74) is 6.28. The summed E-state index contributed by atoms with van der Waals surface area (Å²) in [6, 6.07) is 0. The van der Waals surface area contributed by atoms with Crippen molar-refractivity contribution >= 4 is 0 Å². The number of nitrogens with two attached hydrogens (primary N) is 1. The van der Waals surface area contributed by atoms with E-state index in [0.717, 1.165) is 12.5 Å². The molecule has 0 aliphatic heterocycles. The van der Waals surface area contributed by atoms with Gasteiger partial charge in [0.05, 0.1) is 0 Å². The maximum Gasteiger partial charge on any atom is -0.00119 e. The maximum atomic E-state index is 5.77. The molecule has 0 aromatic heterocycles. The zero-order valence-corrected chi connectivity index (χ0v) is 6.34. The summed E-state index contributed by atoms with van der Waals surface area (Å²) in [6.07, 6.45) is 9.94. The highest BCUT2D eigenvalue weighted by atomic mass is 14.6. The van der Waals surface area contributed by atoms with Crippen LogP contribution in [0.2, 0.25) is 0 Å². The first-order valence-corrected chi connectivity index (χ1v) is 4.22. The molecule has 0 spiro atoms. The molecule has 1 fully saturated rings. The molecule has 1 saturated carbocycles. The summed E-state index contributed by atoms with van der Waals surface area (Å²) in [7, 11) is 0. The third-order valence-corrected chi connectivity index (χ3v) is 3.07. The van der Waals surface area contributed by atoms with E-state index in [0.29, 0.717) is 5.41 Å². The molecule has 0 saturated heterocycles. The molecule has 2 N–H and O–H groups in total. The van der Waals surface area contributed by atoms with Crippen molar-refractivity contribution in [1.82, 2.24) is 0 Å². The van der Waals surface area contributed by atoms with Crippen LogP contribution in [0, 0.1) is 11.3 Å². The third-order valence-electron chi connectivity index (χ3n) is 3.07. The first-order chi connectivity index (χ1) is 4.87. The molecular formula is C9H15N. The van der Waals surface area contributed by atoms with Crippen molar-refractivity contribution in [3.05, 3.63) is 12.2 Å². The van der Waals surface area contributed by atoms with Gasteiger partial charge < -0.3 is 5.73 Å². The van der Waals surface area contributed by atoms with Crippen LogP contribution < -0.4 is 5.73 Å². The predicted molar refractivity (Wildman–Crippen MR) is 42.6 cm³/mol. The summed E-state index contributed by atoms with van der Waals surface area (Å²) in [5.74, 6) is 0.965. The SMILES string of the molecule is NCC1(C2CC2)CC=CC1. The van der Waals surface area contributed by atoms with E-state index in [1.807, 2.05) is 0 Å². The van der Waals surface area contributed by atoms with Crippen LogP contribution in [0.25, 0.3) is 0 Å². The van der Waals surface area contributed by atoms with E-state index in [9.17, 15) is 0 Å².